The number of anilines is 1. The molecule has 0 bridgehead atoms. The van der Waals surface area contributed by atoms with Gasteiger partial charge in [0.05, 0.1) is 35.4 Å². The molecule has 0 radical (unpaired) electrons. The quantitative estimate of drug-likeness (QED) is 0.259. The van der Waals surface area contributed by atoms with Gasteiger partial charge in [-0.15, -0.1) is 0 Å². The molecule has 6 aromatic rings. The van der Waals surface area contributed by atoms with E-state index in [1.54, 1.807) is 43.2 Å². The van der Waals surface area contributed by atoms with E-state index in [4.69, 9.17) is 9.40 Å². The molecule has 0 aliphatic heterocycles. The predicted molar refractivity (Wildman–Crippen MR) is 140 cm³/mol. The Hall–Kier alpha value is -4.86. The Labute approximate surface area is 215 Å². The molecule has 0 spiro atoms. The lowest BCUT2D eigenvalue weighted by Crippen LogP contribution is -2.20. The molecular formula is C28H22FN7O2. The second-order valence-electron chi connectivity index (χ2n) is 9.54. The number of hydrogen-bond acceptors (Lipinski definition) is 6. The van der Waals surface area contributed by atoms with Crippen LogP contribution in [0.5, 0.6) is 0 Å². The minimum Gasteiger partial charge on any atom is -0.472 e. The molecule has 0 unspecified atom stereocenters. The smallest absolute Gasteiger partial charge is 0.227 e. The molecule has 0 atom stereocenters. The monoisotopic (exact) mass is 507 g/mol. The maximum absolute atomic E-state index is 15.2. The summed E-state index contributed by atoms with van der Waals surface area (Å²) in [5.74, 6) is 0.110. The fraction of sp³-hybridized carbons (Fsp3) is 0.179. The topological polar surface area (TPSA) is 125 Å². The van der Waals surface area contributed by atoms with Crippen molar-refractivity contribution in [1.82, 2.24) is 30.1 Å². The number of pyridine rings is 2. The number of aromatic amines is 2. The third kappa shape index (κ3) is 3.81. The van der Waals surface area contributed by atoms with Crippen molar-refractivity contribution in [3.05, 3.63) is 67.3 Å². The first-order valence-corrected chi connectivity index (χ1v) is 12.5. The summed E-state index contributed by atoms with van der Waals surface area (Å²) in [5, 5.41) is 11.0. The van der Waals surface area contributed by atoms with E-state index in [2.05, 4.69) is 30.5 Å². The first kappa shape index (κ1) is 22.3. The van der Waals surface area contributed by atoms with E-state index in [-0.39, 0.29) is 11.8 Å². The number of hydrogen-bond donors (Lipinski definition) is 3. The second kappa shape index (κ2) is 8.91. The molecule has 1 aliphatic rings. The van der Waals surface area contributed by atoms with Gasteiger partial charge in [-0.05, 0) is 37.1 Å². The van der Waals surface area contributed by atoms with Gasteiger partial charge in [0.25, 0.3) is 0 Å². The van der Waals surface area contributed by atoms with Gasteiger partial charge in [-0.1, -0.05) is 12.8 Å². The number of amides is 1. The summed E-state index contributed by atoms with van der Waals surface area (Å²) in [6.45, 7) is 0. The highest BCUT2D eigenvalue weighted by molar-refractivity contribution is 5.98. The van der Waals surface area contributed by atoms with Gasteiger partial charge in [-0.3, -0.25) is 19.9 Å². The van der Waals surface area contributed by atoms with Crippen molar-refractivity contribution in [2.75, 3.05) is 5.32 Å². The number of carbonyl (C=O) groups excluding carboxylic acids is 1. The van der Waals surface area contributed by atoms with Gasteiger partial charge >= 0.3 is 0 Å². The molecule has 5 aromatic heterocycles. The van der Waals surface area contributed by atoms with Crippen LogP contribution in [-0.2, 0) is 4.79 Å². The van der Waals surface area contributed by atoms with E-state index < -0.39 is 5.82 Å². The van der Waals surface area contributed by atoms with Gasteiger partial charge in [0.15, 0.2) is 5.82 Å². The number of nitrogens with one attached hydrogen (secondary N) is 3. The zero-order chi connectivity index (χ0) is 25.6. The van der Waals surface area contributed by atoms with Crippen LogP contribution in [0.2, 0.25) is 0 Å². The molecular weight excluding hydrogens is 485 g/mol. The van der Waals surface area contributed by atoms with E-state index in [1.165, 1.54) is 6.07 Å². The van der Waals surface area contributed by atoms with Crippen LogP contribution in [0.4, 0.5) is 10.1 Å². The summed E-state index contributed by atoms with van der Waals surface area (Å²) < 4.78 is 20.4. The van der Waals surface area contributed by atoms with Crippen molar-refractivity contribution in [2.45, 2.75) is 25.7 Å². The Bertz CT molecular complexity index is 1800. The highest BCUT2D eigenvalue weighted by Crippen LogP contribution is 2.34. The Morgan fingerprint density at radius 2 is 1.95 bits per heavy atom. The van der Waals surface area contributed by atoms with Crippen molar-refractivity contribution in [3.8, 4) is 33.9 Å². The number of fused-ring (bicyclic) bond motifs is 2. The van der Waals surface area contributed by atoms with Crippen molar-refractivity contribution in [3.63, 3.8) is 0 Å². The molecule has 188 valence electrons. The maximum atomic E-state index is 15.2. The third-order valence-corrected chi connectivity index (χ3v) is 7.11. The number of aromatic nitrogens is 6. The van der Waals surface area contributed by atoms with Gasteiger partial charge in [0.2, 0.25) is 5.91 Å². The third-order valence-electron chi connectivity index (χ3n) is 7.11. The molecule has 5 heterocycles. The molecule has 10 heteroatoms. The molecule has 1 aliphatic carbocycles. The number of imidazole rings is 1. The van der Waals surface area contributed by atoms with Gasteiger partial charge in [0.1, 0.15) is 22.7 Å². The molecule has 1 amide bonds. The number of halogens is 1. The lowest BCUT2D eigenvalue weighted by atomic mass is 10.0. The Balaban J connectivity index is 1.27. The molecule has 0 saturated heterocycles. The minimum absolute atomic E-state index is 0.0105. The Kier molecular flexibility index (Phi) is 5.24. The van der Waals surface area contributed by atoms with Crippen molar-refractivity contribution in [1.29, 1.82) is 0 Å². The number of H-pyrrole nitrogens is 2. The van der Waals surface area contributed by atoms with Crippen molar-refractivity contribution >= 4 is 33.5 Å². The molecule has 1 saturated carbocycles. The molecule has 9 nitrogen and oxygen atoms in total. The summed E-state index contributed by atoms with van der Waals surface area (Å²) in [6.07, 6.45) is 12.0. The molecule has 3 N–H and O–H groups in total. The first-order chi connectivity index (χ1) is 18.6. The first-order valence-electron chi connectivity index (χ1n) is 12.5. The van der Waals surface area contributed by atoms with Crippen LogP contribution in [0, 0.1) is 11.7 Å². The zero-order valence-corrected chi connectivity index (χ0v) is 20.2. The van der Waals surface area contributed by atoms with Gasteiger partial charge in [0, 0.05) is 46.5 Å². The predicted octanol–water partition coefficient (Wildman–Crippen LogP) is 6.09. The largest absolute Gasteiger partial charge is 0.472 e. The van der Waals surface area contributed by atoms with Crippen molar-refractivity contribution < 1.29 is 13.6 Å². The average Bonchev–Trinajstić information content (AvgIpc) is 3.73. The number of nitrogens with zero attached hydrogens (tertiary/aromatic N) is 4. The van der Waals surface area contributed by atoms with Crippen LogP contribution in [0.3, 0.4) is 0 Å². The summed E-state index contributed by atoms with van der Waals surface area (Å²) in [7, 11) is 0. The minimum atomic E-state index is -0.426. The normalized spacial score (nSPS) is 14.0. The van der Waals surface area contributed by atoms with Crippen LogP contribution < -0.4 is 5.32 Å². The molecule has 1 fully saturated rings. The fourth-order valence-electron chi connectivity index (χ4n) is 5.19. The summed E-state index contributed by atoms with van der Waals surface area (Å²) in [4.78, 5) is 29.4. The average molecular weight is 508 g/mol. The van der Waals surface area contributed by atoms with Crippen LogP contribution >= 0.6 is 0 Å². The highest BCUT2D eigenvalue weighted by Gasteiger charge is 2.23. The van der Waals surface area contributed by atoms with Crippen LogP contribution in [0.1, 0.15) is 25.7 Å². The molecule has 7 rings (SSSR count). The number of carbonyl (C=O) groups is 1. The van der Waals surface area contributed by atoms with E-state index in [9.17, 15) is 4.79 Å². The zero-order valence-electron chi connectivity index (χ0n) is 20.2. The van der Waals surface area contributed by atoms with E-state index in [0.29, 0.717) is 50.4 Å². The van der Waals surface area contributed by atoms with Crippen molar-refractivity contribution in [2.24, 2.45) is 5.92 Å². The Morgan fingerprint density at radius 1 is 1.05 bits per heavy atom. The Morgan fingerprint density at radius 3 is 2.79 bits per heavy atom. The van der Waals surface area contributed by atoms with Crippen LogP contribution in [0.15, 0.2) is 65.9 Å². The van der Waals surface area contributed by atoms with Gasteiger partial charge in [-0.2, -0.15) is 5.10 Å². The van der Waals surface area contributed by atoms with Crippen LogP contribution in [0.25, 0.3) is 55.8 Å². The molecule has 1 aromatic carbocycles. The lowest BCUT2D eigenvalue weighted by Gasteiger charge is -2.11. The number of furan rings is 1. The van der Waals surface area contributed by atoms with E-state index >= 15 is 4.39 Å². The highest BCUT2D eigenvalue weighted by atomic mass is 19.1. The summed E-state index contributed by atoms with van der Waals surface area (Å²) >= 11 is 0. The maximum Gasteiger partial charge on any atom is 0.227 e. The fourth-order valence-corrected chi connectivity index (χ4v) is 5.19. The summed E-state index contributed by atoms with van der Waals surface area (Å²) in [6, 6.07) is 8.55. The lowest BCUT2D eigenvalue weighted by molar-refractivity contribution is -0.119. The molecule has 38 heavy (non-hydrogen) atoms. The van der Waals surface area contributed by atoms with Gasteiger partial charge in [-0.25, -0.2) is 9.37 Å². The number of benzene rings is 1. The number of rotatable bonds is 5. The van der Waals surface area contributed by atoms with Crippen LogP contribution in [-0.4, -0.2) is 36.0 Å². The summed E-state index contributed by atoms with van der Waals surface area (Å²) in [5.41, 5.74) is 5.51. The SMILES string of the molecule is O=C(Nc1cncc(-c2cc3c(-c4nc5c(-c6ccoc6)nccc5[nH]4)n[nH]c3cc2F)c1)C1CCCC1. The van der Waals surface area contributed by atoms with E-state index in [1.807, 2.05) is 12.1 Å². The standard InChI is InChI=1S/C28H22FN7O2/c29-21-11-23-20(10-19(21)17-9-18(13-30-12-17)32-28(37)15-3-1-2-4-15)25(36-35-23)27-33-22-5-7-31-24(26(22)34-27)16-6-8-38-14-16/h5-15H,1-4H2,(H,32,37)(H,33,34)(H,35,36). The van der Waals surface area contributed by atoms with E-state index in [0.717, 1.165) is 36.8 Å². The second-order valence-corrected chi connectivity index (χ2v) is 9.54. The van der Waals surface area contributed by atoms with Gasteiger partial charge < -0.3 is 14.7 Å².